The van der Waals surface area contributed by atoms with Gasteiger partial charge in [0, 0.05) is 37.3 Å². The predicted molar refractivity (Wildman–Crippen MR) is 116 cm³/mol. The molecular formula is C23H26N4O5. The van der Waals surface area contributed by atoms with Gasteiger partial charge in [0.05, 0.1) is 6.04 Å². The second-order valence-electron chi connectivity index (χ2n) is 7.46. The van der Waals surface area contributed by atoms with Crippen LogP contribution in [0.15, 0.2) is 54.9 Å². The monoisotopic (exact) mass is 438 g/mol. The van der Waals surface area contributed by atoms with Gasteiger partial charge in [-0.25, -0.2) is 9.59 Å². The lowest BCUT2D eigenvalue weighted by Crippen LogP contribution is -2.43. The summed E-state index contributed by atoms with van der Waals surface area (Å²) in [6, 6.07) is 10.9. The summed E-state index contributed by atoms with van der Waals surface area (Å²) in [5, 5.41) is 8.13. The lowest BCUT2D eigenvalue weighted by Gasteiger charge is -2.18. The Labute approximate surface area is 185 Å². The van der Waals surface area contributed by atoms with Crippen LogP contribution in [0.5, 0.6) is 0 Å². The maximum atomic E-state index is 12.8. The van der Waals surface area contributed by atoms with Crippen LogP contribution < -0.4 is 16.0 Å². The Hall–Kier alpha value is -3.59. The molecule has 9 nitrogen and oxygen atoms in total. The van der Waals surface area contributed by atoms with Gasteiger partial charge in [-0.3, -0.25) is 14.6 Å². The number of hydrogen-bond donors (Lipinski definition) is 3. The number of carbonyl (C=O) groups excluding carboxylic acids is 4. The maximum Gasteiger partial charge on any atom is 0.414 e. The Kier molecular flexibility index (Phi) is 8.44. The molecule has 0 aliphatic carbocycles. The third-order valence-electron chi connectivity index (χ3n) is 5.07. The highest BCUT2D eigenvalue weighted by Crippen LogP contribution is 2.08. The summed E-state index contributed by atoms with van der Waals surface area (Å²) in [6.45, 7) is 0.691. The number of pyridine rings is 1. The second kappa shape index (κ2) is 11.7. The summed E-state index contributed by atoms with van der Waals surface area (Å²) in [7, 11) is 0. The van der Waals surface area contributed by atoms with Gasteiger partial charge in [0.15, 0.2) is 5.78 Å². The van der Waals surface area contributed by atoms with Crippen LogP contribution in [0.25, 0.3) is 0 Å². The van der Waals surface area contributed by atoms with Crippen LogP contribution >= 0.6 is 0 Å². The first-order valence-electron chi connectivity index (χ1n) is 10.5. The average molecular weight is 438 g/mol. The number of amides is 2. The van der Waals surface area contributed by atoms with Crippen molar-refractivity contribution in [3.63, 3.8) is 0 Å². The molecule has 9 heteroatoms. The van der Waals surface area contributed by atoms with E-state index in [1.54, 1.807) is 48.8 Å². The fourth-order valence-electron chi connectivity index (χ4n) is 3.38. The first-order valence-corrected chi connectivity index (χ1v) is 10.5. The molecule has 32 heavy (non-hydrogen) atoms. The summed E-state index contributed by atoms with van der Waals surface area (Å²) < 4.78 is 4.75. The summed E-state index contributed by atoms with van der Waals surface area (Å²) in [4.78, 5) is 53.1. The van der Waals surface area contributed by atoms with E-state index >= 15 is 0 Å². The van der Waals surface area contributed by atoms with Crippen LogP contribution in [0, 0.1) is 0 Å². The Morgan fingerprint density at radius 1 is 1.12 bits per heavy atom. The van der Waals surface area contributed by atoms with Crippen molar-refractivity contribution in [2.75, 3.05) is 13.1 Å². The number of rotatable bonds is 9. The molecule has 1 aliphatic heterocycles. The Bertz CT molecular complexity index is 930. The number of alkyl carbamates (subject to hydrolysis) is 1. The number of carbonyl (C=O) groups is 4. The zero-order valence-corrected chi connectivity index (χ0v) is 17.6. The second-order valence-corrected chi connectivity index (χ2v) is 7.46. The van der Waals surface area contributed by atoms with Crippen LogP contribution in [0.1, 0.15) is 35.2 Å². The van der Waals surface area contributed by atoms with Crippen molar-refractivity contribution >= 4 is 23.8 Å². The molecule has 3 N–H and O–H groups in total. The third kappa shape index (κ3) is 6.98. The number of ether oxygens (including phenoxy) is 1. The van der Waals surface area contributed by atoms with Crippen molar-refractivity contribution in [3.05, 3.63) is 66.0 Å². The fourth-order valence-corrected chi connectivity index (χ4v) is 3.38. The van der Waals surface area contributed by atoms with Crippen molar-refractivity contribution in [3.8, 4) is 0 Å². The lowest BCUT2D eigenvalue weighted by atomic mass is 10.0. The largest absolute Gasteiger partial charge is 0.414 e. The van der Waals surface area contributed by atoms with Gasteiger partial charge < -0.3 is 20.7 Å². The quantitative estimate of drug-likeness (QED) is 0.399. The molecule has 1 fully saturated rings. The number of ketones is 1. The number of nitrogens with zero attached hydrogens (tertiary/aromatic N) is 1. The minimum absolute atomic E-state index is 0.0201. The van der Waals surface area contributed by atoms with E-state index < -0.39 is 24.1 Å². The van der Waals surface area contributed by atoms with Crippen LogP contribution in [-0.2, 0) is 20.7 Å². The number of benzene rings is 1. The van der Waals surface area contributed by atoms with Gasteiger partial charge >= 0.3 is 12.1 Å². The molecule has 0 radical (unpaired) electrons. The van der Waals surface area contributed by atoms with Crippen molar-refractivity contribution in [2.24, 2.45) is 0 Å². The molecule has 1 aromatic carbocycles. The van der Waals surface area contributed by atoms with E-state index in [0.717, 1.165) is 12.0 Å². The van der Waals surface area contributed by atoms with Crippen LogP contribution in [0.4, 0.5) is 4.79 Å². The van der Waals surface area contributed by atoms with Gasteiger partial charge in [0.25, 0.3) is 5.91 Å². The van der Waals surface area contributed by atoms with Gasteiger partial charge in [-0.2, -0.15) is 0 Å². The summed E-state index contributed by atoms with van der Waals surface area (Å²) in [6.07, 6.45) is 4.07. The third-order valence-corrected chi connectivity index (χ3v) is 5.07. The Morgan fingerprint density at radius 2 is 1.94 bits per heavy atom. The van der Waals surface area contributed by atoms with E-state index in [2.05, 4.69) is 20.9 Å². The molecule has 1 aliphatic rings. The number of nitrogens with one attached hydrogen (secondary N) is 3. The standard InChI is InChI=1S/C23H26N4O5/c28-20(10-13-26-23(31)32-22(30)18-9-5-12-25-18)19(14-16-6-4-11-24-15-16)27-21(29)17-7-2-1-3-8-17/h1-4,6-8,11,15,18-19,25H,5,9-10,12-14H2,(H,26,31)(H,27,29)/t18-,19?/m0/s1. The summed E-state index contributed by atoms with van der Waals surface area (Å²) in [5.41, 5.74) is 1.23. The molecule has 1 saturated heterocycles. The predicted octanol–water partition coefficient (Wildman–Crippen LogP) is 1.39. The zero-order chi connectivity index (χ0) is 22.8. The van der Waals surface area contributed by atoms with E-state index in [9.17, 15) is 19.2 Å². The fraction of sp³-hybridized carbons (Fsp3) is 0.348. The smallest absolute Gasteiger partial charge is 0.375 e. The molecule has 2 amide bonds. The Balaban J connectivity index is 1.53. The summed E-state index contributed by atoms with van der Waals surface area (Å²) in [5.74, 6) is -1.26. The molecule has 2 atom stereocenters. The van der Waals surface area contributed by atoms with Crippen molar-refractivity contribution in [1.82, 2.24) is 20.9 Å². The van der Waals surface area contributed by atoms with Crippen LogP contribution in [0.2, 0.25) is 0 Å². The maximum absolute atomic E-state index is 12.8. The van der Waals surface area contributed by atoms with Crippen molar-refractivity contribution in [2.45, 2.75) is 37.8 Å². The number of esters is 1. The molecule has 0 saturated carbocycles. The molecule has 1 aromatic heterocycles. The van der Waals surface area contributed by atoms with Crippen molar-refractivity contribution in [1.29, 1.82) is 0 Å². The van der Waals surface area contributed by atoms with Gasteiger partial charge in [-0.05, 0) is 43.1 Å². The molecule has 2 heterocycles. The molecule has 2 aromatic rings. The number of aromatic nitrogens is 1. The molecular weight excluding hydrogens is 412 g/mol. The van der Waals surface area contributed by atoms with Crippen LogP contribution in [0.3, 0.4) is 0 Å². The molecule has 168 valence electrons. The first-order chi connectivity index (χ1) is 15.5. The zero-order valence-electron chi connectivity index (χ0n) is 17.6. The number of hydrogen-bond acceptors (Lipinski definition) is 7. The van der Waals surface area contributed by atoms with E-state index in [1.165, 1.54) is 0 Å². The SMILES string of the molecule is O=C(NCCC(=O)C(Cc1cccnc1)NC(=O)c1ccccc1)OC(=O)[C@@H]1CCCN1. The molecule has 0 spiro atoms. The minimum atomic E-state index is -0.895. The Morgan fingerprint density at radius 3 is 2.62 bits per heavy atom. The minimum Gasteiger partial charge on any atom is -0.375 e. The van der Waals surface area contributed by atoms with E-state index in [4.69, 9.17) is 4.74 Å². The highest BCUT2D eigenvalue weighted by molar-refractivity contribution is 5.98. The van der Waals surface area contributed by atoms with Gasteiger partial charge in [0.1, 0.15) is 6.04 Å². The normalized spacial score (nSPS) is 16.1. The average Bonchev–Trinajstić information content (AvgIpc) is 3.35. The molecule has 3 rings (SSSR count). The van der Waals surface area contributed by atoms with Gasteiger partial charge in [-0.15, -0.1) is 0 Å². The topological polar surface area (TPSA) is 126 Å². The van der Waals surface area contributed by atoms with E-state index in [-0.39, 0.29) is 31.1 Å². The molecule has 1 unspecified atom stereocenters. The van der Waals surface area contributed by atoms with Gasteiger partial charge in [0.2, 0.25) is 0 Å². The van der Waals surface area contributed by atoms with Crippen LogP contribution in [-0.4, -0.2) is 53.9 Å². The highest BCUT2D eigenvalue weighted by Gasteiger charge is 2.26. The summed E-state index contributed by atoms with van der Waals surface area (Å²) >= 11 is 0. The lowest BCUT2D eigenvalue weighted by molar-refractivity contribution is -0.139. The molecule has 0 bridgehead atoms. The van der Waals surface area contributed by atoms with Crippen molar-refractivity contribution < 1.29 is 23.9 Å². The van der Waals surface area contributed by atoms with E-state index in [1.807, 2.05) is 6.07 Å². The highest BCUT2D eigenvalue weighted by atomic mass is 16.6. The number of Topliss-reactive ketones (excluding diaryl/α,β-unsaturated/α-hetero) is 1. The first kappa shape index (κ1) is 23.1. The van der Waals surface area contributed by atoms with E-state index in [0.29, 0.717) is 18.5 Å². The van der Waals surface area contributed by atoms with Gasteiger partial charge in [-0.1, -0.05) is 24.3 Å².